The van der Waals surface area contributed by atoms with Crippen LogP contribution in [0, 0.1) is 0 Å². The highest BCUT2D eigenvalue weighted by Gasteiger charge is 2.32. The Morgan fingerprint density at radius 3 is 2.67 bits per heavy atom. The van der Waals surface area contributed by atoms with Gasteiger partial charge in [0.25, 0.3) is 0 Å². The maximum absolute atomic E-state index is 11.2. The zero-order chi connectivity index (χ0) is 13.0. The van der Waals surface area contributed by atoms with E-state index < -0.39 is 12.0 Å². The van der Waals surface area contributed by atoms with E-state index in [-0.39, 0.29) is 12.1 Å². The SMILES string of the molecule is COC1CC(N[C@@H](Cc2ccccc2)C(=O)O)C1. The lowest BCUT2D eigenvalue weighted by atomic mass is 9.88. The van der Waals surface area contributed by atoms with Gasteiger partial charge in [0.15, 0.2) is 0 Å². The first-order valence-corrected chi connectivity index (χ1v) is 6.24. The summed E-state index contributed by atoms with van der Waals surface area (Å²) in [6.45, 7) is 0. The predicted octanol–water partition coefficient (Wildman–Crippen LogP) is 1.45. The Morgan fingerprint density at radius 1 is 1.44 bits per heavy atom. The van der Waals surface area contributed by atoms with E-state index in [1.54, 1.807) is 7.11 Å². The first-order valence-electron chi connectivity index (χ1n) is 6.24. The third kappa shape index (κ3) is 3.31. The van der Waals surface area contributed by atoms with Crippen LogP contribution in [0.15, 0.2) is 30.3 Å². The number of methoxy groups -OCH3 is 1. The molecule has 0 bridgehead atoms. The minimum absolute atomic E-state index is 0.264. The molecule has 1 aliphatic rings. The number of carboxylic acids is 1. The van der Waals surface area contributed by atoms with Crippen LogP contribution >= 0.6 is 0 Å². The van der Waals surface area contributed by atoms with Crippen LogP contribution < -0.4 is 5.32 Å². The first kappa shape index (κ1) is 13.1. The summed E-state index contributed by atoms with van der Waals surface area (Å²) in [4.78, 5) is 11.2. The van der Waals surface area contributed by atoms with Crippen molar-refractivity contribution >= 4 is 5.97 Å². The van der Waals surface area contributed by atoms with Gasteiger partial charge >= 0.3 is 5.97 Å². The maximum atomic E-state index is 11.2. The van der Waals surface area contributed by atoms with Crippen LogP contribution in [0.4, 0.5) is 0 Å². The second kappa shape index (κ2) is 5.98. The van der Waals surface area contributed by atoms with E-state index in [0.29, 0.717) is 6.42 Å². The largest absolute Gasteiger partial charge is 0.480 e. The highest BCUT2D eigenvalue weighted by molar-refractivity contribution is 5.74. The summed E-state index contributed by atoms with van der Waals surface area (Å²) in [7, 11) is 1.69. The Bertz CT molecular complexity index is 387. The van der Waals surface area contributed by atoms with Crippen molar-refractivity contribution < 1.29 is 14.6 Å². The summed E-state index contributed by atoms with van der Waals surface area (Å²) in [5.41, 5.74) is 1.04. The molecule has 98 valence electrons. The van der Waals surface area contributed by atoms with Crippen LogP contribution in [0.2, 0.25) is 0 Å². The van der Waals surface area contributed by atoms with Gasteiger partial charge in [-0.1, -0.05) is 30.3 Å². The molecular formula is C14H19NO3. The molecule has 0 radical (unpaired) electrons. The fourth-order valence-electron chi connectivity index (χ4n) is 2.25. The van der Waals surface area contributed by atoms with E-state index in [1.165, 1.54) is 0 Å². The Labute approximate surface area is 107 Å². The fourth-order valence-corrected chi connectivity index (χ4v) is 2.25. The molecule has 4 nitrogen and oxygen atoms in total. The quantitative estimate of drug-likeness (QED) is 0.801. The summed E-state index contributed by atoms with van der Waals surface area (Å²) < 4.78 is 5.19. The first-order chi connectivity index (χ1) is 8.69. The summed E-state index contributed by atoms with van der Waals surface area (Å²) in [6, 6.07) is 9.45. The number of rotatable bonds is 6. The second-order valence-corrected chi connectivity index (χ2v) is 4.77. The molecule has 0 amide bonds. The lowest BCUT2D eigenvalue weighted by Gasteiger charge is -2.36. The minimum Gasteiger partial charge on any atom is -0.480 e. The van der Waals surface area contributed by atoms with Crippen LogP contribution in [0.25, 0.3) is 0 Å². The number of ether oxygens (including phenoxy) is 1. The molecule has 0 spiro atoms. The van der Waals surface area contributed by atoms with E-state index in [2.05, 4.69) is 5.32 Å². The molecule has 1 saturated carbocycles. The molecule has 4 heteroatoms. The predicted molar refractivity (Wildman–Crippen MR) is 68.5 cm³/mol. The minimum atomic E-state index is -0.792. The van der Waals surface area contributed by atoms with Crippen molar-refractivity contribution in [1.82, 2.24) is 5.32 Å². The Morgan fingerprint density at radius 2 is 2.11 bits per heavy atom. The molecule has 0 aliphatic heterocycles. The van der Waals surface area contributed by atoms with Gasteiger partial charge < -0.3 is 15.2 Å². The summed E-state index contributed by atoms with van der Waals surface area (Å²) in [5, 5.41) is 12.4. The van der Waals surface area contributed by atoms with E-state index in [4.69, 9.17) is 4.74 Å². The molecule has 2 N–H and O–H groups in total. The van der Waals surface area contributed by atoms with Crippen LogP contribution in [-0.2, 0) is 16.0 Å². The molecular weight excluding hydrogens is 230 g/mol. The van der Waals surface area contributed by atoms with Gasteiger partial charge in [0, 0.05) is 13.2 Å². The molecule has 0 heterocycles. The third-order valence-electron chi connectivity index (χ3n) is 3.45. The molecule has 1 aromatic carbocycles. The number of carbonyl (C=O) groups is 1. The molecule has 0 unspecified atom stereocenters. The van der Waals surface area contributed by atoms with E-state index in [1.807, 2.05) is 30.3 Å². The Kier molecular flexibility index (Phi) is 4.33. The van der Waals surface area contributed by atoms with Crippen molar-refractivity contribution in [2.45, 2.75) is 37.5 Å². The average Bonchev–Trinajstić information content (AvgIpc) is 2.32. The van der Waals surface area contributed by atoms with E-state index in [0.717, 1.165) is 18.4 Å². The van der Waals surface area contributed by atoms with Gasteiger partial charge in [-0.05, 0) is 24.8 Å². The molecule has 0 aromatic heterocycles. The van der Waals surface area contributed by atoms with Crippen LogP contribution in [0.1, 0.15) is 18.4 Å². The number of hydrogen-bond acceptors (Lipinski definition) is 3. The highest BCUT2D eigenvalue weighted by atomic mass is 16.5. The van der Waals surface area contributed by atoms with Gasteiger partial charge in [-0.2, -0.15) is 0 Å². The van der Waals surface area contributed by atoms with Crippen molar-refractivity contribution in [3.63, 3.8) is 0 Å². The number of benzene rings is 1. The zero-order valence-electron chi connectivity index (χ0n) is 10.5. The highest BCUT2D eigenvalue weighted by Crippen LogP contribution is 2.23. The van der Waals surface area contributed by atoms with E-state index in [9.17, 15) is 9.90 Å². The van der Waals surface area contributed by atoms with Crippen molar-refractivity contribution in [1.29, 1.82) is 0 Å². The number of aliphatic carboxylic acids is 1. The number of carboxylic acid groups (broad SMARTS) is 1. The van der Waals surface area contributed by atoms with Crippen molar-refractivity contribution in [2.75, 3.05) is 7.11 Å². The molecule has 18 heavy (non-hydrogen) atoms. The third-order valence-corrected chi connectivity index (χ3v) is 3.45. The summed E-state index contributed by atoms with van der Waals surface area (Å²) in [6.07, 6.45) is 2.60. The molecule has 2 rings (SSSR count). The Hall–Kier alpha value is -1.39. The number of hydrogen-bond donors (Lipinski definition) is 2. The standard InChI is InChI=1S/C14H19NO3/c1-18-12-8-11(9-12)15-13(14(16)17)7-10-5-3-2-4-6-10/h2-6,11-13,15H,7-9H2,1H3,(H,16,17)/t11?,12?,13-/m0/s1. The normalized spacial score (nSPS) is 24.3. The van der Waals surface area contributed by atoms with Crippen molar-refractivity contribution in [2.24, 2.45) is 0 Å². The zero-order valence-corrected chi connectivity index (χ0v) is 10.5. The molecule has 1 aliphatic carbocycles. The van der Waals surface area contributed by atoms with Gasteiger partial charge in [-0.25, -0.2) is 0 Å². The van der Waals surface area contributed by atoms with Gasteiger partial charge in [-0.3, -0.25) is 4.79 Å². The summed E-state index contributed by atoms with van der Waals surface area (Å²) >= 11 is 0. The van der Waals surface area contributed by atoms with Crippen LogP contribution in [0.3, 0.4) is 0 Å². The van der Waals surface area contributed by atoms with E-state index >= 15 is 0 Å². The van der Waals surface area contributed by atoms with Crippen LogP contribution in [-0.4, -0.2) is 36.4 Å². The van der Waals surface area contributed by atoms with Gasteiger partial charge in [0.2, 0.25) is 0 Å². The lowest BCUT2D eigenvalue weighted by Crippen LogP contribution is -2.52. The maximum Gasteiger partial charge on any atom is 0.321 e. The molecule has 1 aromatic rings. The lowest BCUT2D eigenvalue weighted by molar-refractivity contribution is -0.140. The smallest absolute Gasteiger partial charge is 0.321 e. The molecule has 1 atom stereocenters. The fraction of sp³-hybridized carbons (Fsp3) is 0.500. The van der Waals surface area contributed by atoms with Gasteiger partial charge in [0.05, 0.1) is 6.10 Å². The van der Waals surface area contributed by atoms with Gasteiger partial charge in [0.1, 0.15) is 6.04 Å². The summed E-state index contributed by atoms with van der Waals surface area (Å²) in [5.74, 6) is -0.792. The molecule has 1 fully saturated rings. The van der Waals surface area contributed by atoms with Gasteiger partial charge in [-0.15, -0.1) is 0 Å². The van der Waals surface area contributed by atoms with Crippen LogP contribution in [0.5, 0.6) is 0 Å². The molecule has 0 saturated heterocycles. The Balaban J connectivity index is 1.87. The topological polar surface area (TPSA) is 58.6 Å². The van der Waals surface area contributed by atoms with Crippen molar-refractivity contribution in [3.05, 3.63) is 35.9 Å². The average molecular weight is 249 g/mol. The second-order valence-electron chi connectivity index (χ2n) is 4.77. The monoisotopic (exact) mass is 249 g/mol. The van der Waals surface area contributed by atoms with Crippen molar-refractivity contribution in [3.8, 4) is 0 Å². The number of nitrogens with one attached hydrogen (secondary N) is 1.